The lowest BCUT2D eigenvalue weighted by Gasteiger charge is -2.40. The molecule has 0 heterocycles. The van der Waals surface area contributed by atoms with Gasteiger partial charge in [0.05, 0.1) is 0 Å². The molecule has 0 amide bonds. The van der Waals surface area contributed by atoms with Crippen molar-refractivity contribution in [2.75, 3.05) is 0 Å². The summed E-state index contributed by atoms with van der Waals surface area (Å²) < 4.78 is 11.6. The number of hydrogen-bond donors (Lipinski definition) is 0. The zero-order valence-corrected chi connectivity index (χ0v) is 17.0. The highest BCUT2D eigenvalue weighted by molar-refractivity contribution is 5.92. The van der Waals surface area contributed by atoms with Gasteiger partial charge in [0, 0.05) is 12.2 Å². The van der Waals surface area contributed by atoms with Crippen LogP contribution in [-0.2, 0) is 19.1 Å². The minimum absolute atomic E-state index is 0.276. The van der Waals surface area contributed by atoms with E-state index >= 15 is 0 Å². The Morgan fingerprint density at radius 3 is 1.23 bits per heavy atom. The van der Waals surface area contributed by atoms with Crippen molar-refractivity contribution in [3.05, 3.63) is 12.2 Å². The van der Waals surface area contributed by atoms with Gasteiger partial charge in [-0.25, -0.2) is 9.59 Å². The summed E-state index contributed by atoms with van der Waals surface area (Å²) in [5.74, 6) is -0.309. The van der Waals surface area contributed by atoms with E-state index in [9.17, 15) is 9.59 Å². The highest BCUT2D eigenvalue weighted by Gasteiger charge is 2.40. The smallest absolute Gasteiger partial charge is 0.331 e. The average molecular weight is 365 g/mol. The van der Waals surface area contributed by atoms with E-state index in [1.165, 1.54) is 25.0 Å². The Bertz CT molecular complexity index is 460. The maximum absolute atomic E-state index is 12.3. The predicted octanol–water partition coefficient (Wildman–Crippen LogP) is 5.35. The molecule has 2 rings (SSSR count). The van der Waals surface area contributed by atoms with Crippen molar-refractivity contribution in [2.24, 2.45) is 11.8 Å². The lowest BCUT2D eigenvalue weighted by molar-refractivity contribution is -0.166. The average Bonchev–Trinajstić information content (AvgIpc) is 2.61. The third-order valence-electron chi connectivity index (χ3n) is 6.47. The van der Waals surface area contributed by atoms with Crippen LogP contribution in [-0.4, -0.2) is 23.1 Å². The van der Waals surface area contributed by atoms with Gasteiger partial charge in [-0.3, -0.25) is 0 Å². The molecule has 0 bridgehead atoms. The molecule has 0 aromatic carbocycles. The molecule has 0 aromatic heterocycles. The molecule has 148 valence electrons. The van der Waals surface area contributed by atoms with Gasteiger partial charge in [0.25, 0.3) is 0 Å². The Hall–Kier alpha value is -1.32. The van der Waals surface area contributed by atoms with Crippen molar-refractivity contribution in [2.45, 2.75) is 103 Å². The summed E-state index contributed by atoms with van der Waals surface area (Å²) in [5, 5.41) is 0. The summed E-state index contributed by atoms with van der Waals surface area (Å²) in [6.07, 6.45) is 12.9. The van der Waals surface area contributed by atoms with E-state index in [1.54, 1.807) is 0 Å². The van der Waals surface area contributed by atoms with Crippen molar-refractivity contribution in [3.8, 4) is 0 Å². The van der Waals surface area contributed by atoms with Gasteiger partial charge in [-0.2, -0.15) is 0 Å². The second-order valence-corrected chi connectivity index (χ2v) is 8.74. The Kier molecular flexibility index (Phi) is 7.31. The maximum Gasteiger partial charge on any atom is 0.331 e. The zero-order chi connectivity index (χ0) is 19.2. The van der Waals surface area contributed by atoms with E-state index in [0.29, 0.717) is 0 Å². The summed E-state index contributed by atoms with van der Waals surface area (Å²) in [6, 6.07) is 0. The van der Waals surface area contributed by atoms with Gasteiger partial charge in [0.2, 0.25) is 0 Å². The van der Waals surface area contributed by atoms with Gasteiger partial charge in [-0.05, 0) is 63.2 Å². The monoisotopic (exact) mass is 364 g/mol. The standard InChI is InChI=1S/C22H36O4/c1-17(2)21(13-7-5-8-14-21)25-19(23)11-12-20(24)26-22(18(3)4)15-9-6-10-16-22/h11-12,17-18H,5-10,13-16H2,1-4H3/b12-11+. The second-order valence-electron chi connectivity index (χ2n) is 8.74. The first-order valence-corrected chi connectivity index (χ1v) is 10.4. The van der Waals surface area contributed by atoms with Crippen molar-refractivity contribution in [3.63, 3.8) is 0 Å². The van der Waals surface area contributed by atoms with Crippen LogP contribution in [0, 0.1) is 11.8 Å². The van der Waals surface area contributed by atoms with Crippen molar-refractivity contribution >= 4 is 11.9 Å². The summed E-state index contributed by atoms with van der Waals surface area (Å²) in [6.45, 7) is 8.41. The molecule has 2 fully saturated rings. The van der Waals surface area contributed by atoms with Crippen LogP contribution in [0.25, 0.3) is 0 Å². The van der Waals surface area contributed by atoms with Crippen LogP contribution in [0.15, 0.2) is 12.2 Å². The molecule has 0 atom stereocenters. The molecular weight excluding hydrogens is 328 g/mol. The summed E-state index contributed by atoms with van der Waals surface area (Å²) in [5.41, 5.74) is -0.766. The molecule has 0 N–H and O–H groups in total. The molecule has 0 radical (unpaired) electrons. The third-order valence-corrected chi connectivity index (χ3v) is 6.47. The van der Waals surface area contributed by atoms with Gasteiger partial charge < -0.3 is 9.47 Å². The molecule has 2 aliphatic carbocycles. The Morgan fingerprint density at radius 1 is 0.654 bits per heavy atom. The first-order valence-electron chi connectivity index (χ1n) is 10.4. The Balaban J connectivity index is 1.95. The van der Waals surface area contributed by atoms with E-state index in [2.05, 4.69) is 27.7 Å². The molecule has 2 saturated carbocycles. The van der Waals surface area contributed by atoms with Gasteiger partial charge in [0.15, 0.2) is 0 Å². The highest BCUT2D eigenvalue weighted by atomic mass is 16.6. The van der Waals surface area contributed by atoms with Crippen LogP contribution in [0.1, 0.15) is 91.9 Å². The first kappa shape index (κ1) is 21.0. The normalized spacial score (nSPS) is 22.5. The lowest BCUT2D eigenvalue weighted by Crippen LogP contribution is -2.42. The van der Waals surface area contributed by atoms with E-state index in [4.69, 9.17) is 9.47 Å². The van der Waals surface area contributed by atoms with Crippen LogP contribution in [0.5, 0.6) is 0 Å². The van der Waals surface area contributed by atoms with Crippen LogP contribution < -0.4 is 0 Å². The summed E-state index contributed by atoms with van der Waals surface area (Å²) >= 11 is 0. The van der Waals surface area contributed by atoms with Gasteiger partial charge in [0.1, 0.15) is 11.2 Å². The highest BCUT2D eigenvalue weighted by Crippen LogP contribution is 2.39. The zero-order valence-electron chi connectivity index (χ0n) is 17.0. The molecule has 0 saturated heterocycles. The topological polar surface area (TPSA) is 52.6 Å². The summed E-state index contributed by atoms with van der Waals surface area (Å²) in [7, 11) is 0. The van der Waals surface area contributed by atoms with E-state index in [0.717, 1.165) is 51.4 Å². The van der Waals surface area contributed by atoms with E-state index in [1.807, 2.05) is 0 Å². The quantitative estimate of drug-likeness (QED) is 0.471. The maximum atomic E-state index is 12.3. The van der Waals surface area contributed by atoms with Crippen LogP contribution in [0.3, 0.4) is 0 Å². The largest absolute Gasteiger partial charge is 0.456 e. The molecule has 0 unspecified atom stereocenters. The molecule has 0 aliphatic heterocycles. The number of carbonyl (C=O) groups is 2. The molecular formula is C22H36O4. The van der Waals surface area contributed by atoms with Crippen molar-refractivity contribution < 1.29 is 19.1 Å². The van der Waals surface area contributed by atoms with Gasteiger partial charge >= 0.3 is 11.9 Å². The minimum atomic E-state index is -0.431. The first-order chi connectivity index (χ1) is 12.3. The van der Waals surface area contributed by atoms with Gasteiger partial charge in [-0.1, -0.05) is 40.5 Å². The lowest BCUT2D eigenvalue weighted by atomic mass is 9.77. The number of rotatable bonds is 6. The predicted molar refractivity (Wildman–Crippen MR) is 103 cm³/mol. The van der Waals surface area contributed by atoms with Gasteiger partial charge in [-0.15, -0.1) is 0 Å². The van der Waals surface area contributed by atoms with Crippen molar-refractivity contribution in [1.82, 2.24) is 0 Å². The molecule has 4 nitrogen and oxygen atoms in total. The fraction of sp³-hybridized carbons (Fsp3) is 0.818. The van der Waals surface area contributed by atoms with Crippen LogP contribution >= 0.6 is 0 Å². The number of ether oxygens (including phenoxy) is 2. The van der Waals surface area contributed by atoms with E-state index in [-0.39, 0.29) is 23.0 Å². The fourth-order valence-corrected chi connectivity index (χ4v) is 4.50. The van der Waals surface area contributed by atoms with Crippen LogP contribution in [0.4, 0.5) is 0 Å². The molecule has 26 heavy (non-hydrogen) atoms. The number of carbonyl (C=O) groups excluding carboxylic acids is 2. The SMILES string of the molecule is CC(C)C1(OC(=O)/C=C/C(=O)OC2(C(C)C)CCCCC2)CCCCC1. The Morgan fingerprint density at radius 2 is 0.962 bits per heavy atom. The summed E-state index contributed by atoms with van der Waals surface area (Å²) in [4.78, 5) is 24.6. The fourth-order valence-electron chi connectivity index (χ4n) is 4.50. The van der Waals surface area contributed by atoms with Crippen LogP contribution in [0.2, 0.25) is 0 Å². The number of hydrogen-bond acceptors (Lipinski definition) is 4. The minimum Gasteiger partial charge on any atom is -0.456 e. The van der Waals surface area contributed by atoms with E-state index < -0.39 is 11.9 Å². The Labute approximate surface area is 158 Å². The molecule has 0 aromatic rings. The molecule has 2 aliphatic rings. The molecule has 4 heteroatoms. The molecule has 0 spiro atoms. The van der Waals surface area contributed by atoms with Crippen molar-refractivity contribution in [1.29, 1.82) is 0 Å². The third kappa shape index (κ3) is 5.11. The number of esters is 2. The second kappa shape index (κ2) is 9.05.